The molecule has 1 aliphatic carbocycles. The van der Waals surface area contributed by atoms with Gasteiger partial charge in [0.2, 0.25) is 0 Å². The van der Waals surface area contributed by atoms with Crippen LogP contribution in [0.1, 0.15) is 82.5 Å². The molecule has 2 aromatic rings. The summed E-state index contributed by atoms with van der Waals surface area (Å²) in [5.41, 5.74) is 0.467. The Labute approximate surface area is 280 Å². The number of nitrogens with one attached hydrogen (secondary N) is 1. The number of carbonyl (C=O) groups excluding carboxylic acids is 1. The number of hydrogen-bond donors (Lipinski definition) is 2. The Kier molecular flexibility index (Phi) is 13.6. The van der Waals surface area contributed by atoms with Gasteiger partial charge in [0.05, 0.1) is 35.3 Å². The number of rotatable bonds is 9. The van der Waals surface area contributed by atoms with Crippen molar-refractivity contribution in [3.63, 3.8) is 0 Å². The molecule has 256 valence electrons. The number of likely N-dealkylation sites (N-methyl/N-ethyl adjacent to an activating group) is 1. The van der Waals surface area contributed by atoms with E-state index in [1.807, 2.05) is 13.8 Å². The zero-order valence-electron chi connectivity index (χ0n) is 27.8. The molecule has 2 aliphatic rings. The molecule has 46 heavy (non-hydrogen) atoms. The van der Waals surface area contributed by atoms with E-state index < -0.39 is 16.1 Å². The predicted octanol–water partition coefficient (Wildman–Crippen LogP) is 6.45. The summed E-state index contributed by atoms with van der Waals surface area (Å²) < 4.78 is 41.7. The van der Waals surface area contributed by atoms with E-state index in [0.29, 0.717) is 29.8 Å². The molecule has 2 aromatic carbocycles. The monoisotopic (exact) mass is 677 g/mol. The number of aliphatic hydroxyl groups is 1. The number of ether oxygens (including phenoxy) is 2. The van der Waals surface area contributed by atoms with Crippen LogP contribution in [0.2, 0.25) is 5.02 Å². The number of amides is 1. The quantitative estimate of drug-likeness (QED) is 0.314. The van der Waals surface area contributed by atoms with Crippen molar-refractivity contribution >= 4 is 33.2 Å². The summed E-state index contributed by atoms with van der Waals surface area (Å²) in [5, 5.41) is 10.7. The Morgan fingerprint density at radius 3 is 2.41 bits per heavy atom. The number of benzene rings is 2. The number of carbonyl (C=O) groups is 1. The van der Waals surface area contributed by atoms with Crippen LogP contribution in [0.3, 0.4) is 0 Å². The van der Waals surface area contributed by atoms with Crippen molar-refractivity contribution in [2.24, 2.45) is 11.8 Å². The van der Waals surface area contributed by atoms with E-state index in [1.54, 1.807) is 17.0 Å². The number of aliphatic hydroxyl groups excluding tert-OH is 1. The molecular weight excluding hydrogens is 626 g/mol. The fourth-order valence-corrected chi connectivity index (χ4v) is 7.64. The highest BCUT2D eigenvalue weighted by Crippen LogP contribution is 2.30. The molecule has 9 nitrogen and oxygen atoms in total. The smallest absolute Gasteiger partial charge is 0.261 e. The van der Waals surface area contributed by atoms with Crippen LogP contribution in [0.4, 0.5) is 5.69 Å². The molecule has 4 atom stereocenters. The molecule has 0 bridgehead atoms. The second kappa shape index (κ2) is 17.2. The van der Waals surface area contributed by atoms with Crippen molar-refractivity contribution in [1.29, 1.82) is 0 Å². The van der Waals surface area contributed by atoms with Crippen molar-refractivity contribution < 1.29 is 27.8 Å². The topological polar surface area (TPSA) is 108 Å². The lowest BCUT2D eigenvalue weighted by Gasteiger charge is -2.36. The van der Waals surface area contributed by atoms with Crippen LogP contribution in [0.25, 0.3) is 0 Å². The summed E-state index contributed by atoms with van der Waals surface area (Å²) in [6.45, 7) is 8.46. The first-order chi connectivity index (χ1) is 22.0. The molecule has 2 N–H and O–H groups in total. The third-order valence-corrected chi connectivity index (χ3v) is 10.9. The van der Waals surface area contributed by atoms with Gasteiger partial charge in [-0.15, -0.1) is 0 Å². The summed E-state index contributed by atoms with van der Waals surface area (Å²) in [7, 11) is -1.78. The first-order valence-electron chi connectivity index (χ1n) is 16.8. The number of anilines is 1. The molecule has 1 fully saturated rings. The zero-order valence-corrected chi connectivity index (χ0v) is 29.4. The molecule has 1 heterocycles. The maximum absolute atomic E-state index is 14.4. The number of fused-ring (bicyclic) bond motifs is 1. The third-order valence-electron chi connectivity index (χ3n) is 9.21. The Bertz CT molecular complexity index is 1370. The lowest BCUT2D eigenvalue weighted by atomic mass is 9.89. The second-order valence-electron chi connectivity index (χ2n) is 13.3. The summed E-state index contributed by atoms with van der Waals surface area (Å²) in [5.74, 6) is 0.732. The fraction of sp³-hybridized carbons (Fsp3) is 0.629. The molecule has 0 aromatic heterocycles. The van der Waals surface area contributed by atoms with Crippen LogP contribution in [0, 0.1) is 11.8 Å². The van der Waals surface area contributed by atoms with Gasteiger partial charge in [0.15, 0.2) is 0 Å². The Morgan fingerprint density at radius 1 is 1.02 bits per heavy atom. The first kappa shape index (κ1) is 36.5. The number of nitrogens with zero attached hydrogens (tertiary/aromatic N) is 2. The molecule has 1 saturated carbocycles. The van der Waals surface area contributed by atoms with Gasteiger partial charge in [-0.2, -0.15) is 0 Å². The minimum atomic E-state index is -3.94. The molecule has 0 saturated heterocycles. The molecule has 1 aliphatic heterocycles. The molecular formula is C35H52ClN3O6S. The molecule has 1 amide bonds. The number of hydrogen-bond acceptors (Lipinski definition) is 7. The van der Waals surface area contributed by atoms with Gasteiger partial charge in [-0.05, 0) is 101 Å². The van der Waals surface area contributed by atoms with Gasteiger partial charge in [0, 0.05) is 42.9 Å². The van der Waals surface area contributed by atoms with Gasteiger partial charge in [-0.1, -0.05) is 37.8 Å². The third kappa shape index (κ3) is 10.3. The van der Waals surface area contributed by atoms with E-state index in [1.165, 1.54) is 62.4 Å². The molecule has 0 spiro atoms. The van der Waals surface area contributed by atoms with Gasteiger partial charge in [-0.3, -0.25) is 9.52 Å². The molecule has 0 unspecified atom stereocenters. The van der Waals surface area contributed by atoms with Crippen LogP contribution < -0.4 is 9.46 Å². The average molecular weight is 678 g/mol. The minimum Gasteiger partial charge on any atom is -0.490 e. The summed E-state index contributed by atoms with van der Waals surface area (Å²) in [4.78, 5) is 18.5. The molecule has 0 radical (unpaired) electrons. The van der Waals surface area contributed by atoms with E-state index in [2.05, 4.69) is 23.6 Å². The Balaban J connectivity index is 1.62. The van der Waals surface area contributed by atoms with Crippen molar-refractivity contribution in [2.45, 2.75) is 95.3 Å². The van der Waals surface area contributed by atoms with Gasteiger partial charge in [-0.25, -0.2) is 8.42 Å². The van der Waals surface area contributed by atoms with Crippen molar-refractivity contribution in [3.05, 3.63) is 53.1 Å². The molecule has 4 rings (SSSR count). The standard InChI is InChI=1S/C35H52ClN3O6S/c1-25-21-39(26(2)24-40)35(41)32-20-30(37-46(42,43)31-16-13-29(36)14-17-31)15-18-33(32)45-27(3)10-8-9-19-44-34(25)23-38(4)22-28-11-6-5-7-12-28/h13-18,20,25-28,34,37,40H,5-12,19,21-24H2,1-4H3/t25-,26-,27-,34-/m1/s1. The van der Waals surface area contributed by atoms with E-state index in [4.69, 9.17) is 21.1 Å². The van der Waals surface area contributed by atoms with E-state index in [9.17, 15) is 18.3 Å². The SMILES string of the molecule is C[C@@H]1CCCCO[C@H](CN(C)CC2CCCCC2)[C@H](C)CN([C@H](C)CO)C(=O)c2cc(NS(=O)(=O)c3ccc(Cl)cc3)ccc2O1. The first-order valence-corrected chi connectivity index (χ1v) is 18.6. The van der Waals surface area contributed by atoms with Crippen molar-refractivity contribution in [3.8, 4) is 5.75 Å². The lowest BCUT2D eigenvalue weighted by Crippen LogP contribution is -2.47. The summed E-state index contributed by atoms with van der Waals surface area (Å²) >= 11 is 5.96. The van der Waals surface area contributed by atoms with Gasteiger partial charge < -0.3 is 24.4 Å². The highest BCUT2D eigenvalue weighted by molar-refractivity contribution is 7.92. The normalized spacial score (nSPS) is 23.3. The van der Waals surface area contributed by atoms with Crippen molar-refractivity contribution in [1.82, 2.24) is 9.80 Å². The maximum atomic E-state index is 14.4. The van der Waals surface area contributed by atoms with Gasteiger partial charge in [0.25, 0.3) is 15.9 Å². The van der Waals surface area contributed by atoms with Crippen LogP contribution in [-0.2, 0) is 14.8 Å². The van der Waals surface area contributed by atoms with Crippen LogP contribution in [-0.4, -0.2) is 87.4 Å². The van der Waals surface area contributed by atoms with Crippen LogP contribution >= 0.6 is 11.6 Å². The zero-order chi connectivity index (χ0) is 33.3. The highest BCUT2D eigenvalue weighted by Gasteiger charge is 2.31. The fourth-order valence-electron chi connectivity index (χ4n) is 6.47. The van der Waals surface area contributed by atoms with Crippen molar-refractivity contribution in [2.75, 3.05) is 44.6 Å². The highest BCUT2D eigenvalue weighted by atomic mass is 35.5. The lowest BCUT2D eigenvalue weighted by molar-refractivity contribution is -0.0190. The predicted molar refractivity (Wildman–Crippen MR) is 183 cm³/mol. The van der Waals surface area contributed by atoms with Gasteiger partial charge >= 0.3 is 0 Å². The van der Waals surface area contributed by atoms with E-state index in [0.717, 1.165) is 32.4 Å². The van der Waals surface area contributed by atoms with E-state index >= 15 is 0 Å². The van der Waals surface area contributed by atoms with E-state index in [-0.39, 0.29) is 46.8 Å². The summed E-state index contributed by atoms with van der Waals surface area (Å²) in [6.07, 6.45) is 8.82. The molecule has 11 heteroatoms. The van der Waals surface area contributed by atoms with Crippen LogP contribution in [0.15, 0.2) is 47.4 Å². The second-order valence-corrected chi connectivity index (χ2v) is 15.4. The largest absolute Gasteiger partial charge is 0.490 e. The Hall–Kier alpha value is -2.37. The summed E-state index contributed by atoms with van der Waals surface area (Å²) in [6, 6.07) is 10.2. The number of halogens is 1. The van der Waals surface area contributed by atoms with Crippen LogP contribution in [0.5, 0.6) is 5.75 Å². The number of sulfonamides is 1. The average Bonchev–Trinajstić information content (AvgIpc) is 3.03. The Morgan fingerprint density at radius 2 is 1.72 bits per heavy atom. The maximum Gasteiger partial charge on any atom is 0.261 e. The minimum absolute atomic E-state index is 0.0235. The van der Waals surface area contributed by atoms with Gasteiger partial charge in [0.1, 0.15) is 5.75 Å².